The van der Waals surface area contributed by atoms with Crippen molar-refractivity contribution < 1.29 is 37.4 Å². The Labute approximate surface area is 262 Å². The number of anilines is 1. The Morgan fingerprint density at radius 2 is 1.87 bits per heavy atom. The van der Waals surface area contributed by atoms with Crippen molar-refractivity contribution in [3.05, 3.63) is 54.5 Å². The van der Waals surface area contributed by atoms with E-state index in [2.05, 4.69) is 15.1 Å². The number of rotatable bonds is 13. The number of aromatic nitrogens is 3. The summed E-state index contributed by atoms with van der Waals surface area (Å²) >= 11 is 0. The van der Waals surface area contributed by atoms with Crippen LogP contribution in [0.2, 0.25) is 0 Å². The maximum absolute atomic E-state index is 14.1. The van der Waals surface area contributed by atoms with Gasteiger partial charge in [-0.3, -0.25) is 9.52 Å². The van der Waals surface area contributed by atoms with Gasteiger partial charge in [-0.2, -0.15) is 5.10 Å². The first-order valence-corrected chi connectivity index (χ1v) is 16.8. The molecule has 4 heterocycles. The van der Waals surface area contributed by atoms with Crippen LogP contribution in [0.5, 0.6) is 5.75 Å². The third-order valence-electron chi connectivity index (χ3n) is 8.21. The molecule has 0 amide bonds. The van der Waals surface area contributed by atoms with E-state index in [-0.39, 0.29) is 12.5 Å². The number of fused-ring (bicyclic) bond motifs is 2. The van der Waals surface area contributed by atoms with Crippen molar-refractivity contribution in [2.45, 2.75) is 90.1 Å². The second kappa shape index (κ2) is 13.2. The van der Waals surface area contributed by atoms with Crippen molar-refractivity contribution in [1.29, 1.82) is 0 Å². The first-order valence-electron chi connectivity index (χ1n) is 15.2. The summed E-state index contributed by atoms with van der Waals surface area (Å²) in [6.45, 7) is 11.3. The Hall–Kier alpha value is -3.35. The summed E-state index contributed by atoms with van der Waals surface area (Å²) < 4.78 is 52.3. The first-order chi connectivity index (χ1) is 21.4. The van der Waals surface area contributed by atoms with Crippen LogP contribution in [-0.4, -0.2) is 69.9 Å². The molecule has 3 aromatic rings. The molecule has 13 nitrogen and oxygen atoms in total. The van der Waals surface area contributed by atoms with E-state index in [1.165, 1.54) is 6.33 Å². The standard InChI is InChI=1S/C31H42N5O8P/c1-7-21(8-2)16-39-29(37)20(3)34-19-45(38,44-22-12-10-9-11-13-22)40-17-24-26-27(43-30(4,5)42-26)31(6,41-24)25-15-14-23-28(32)33-18-35-36(23)25/h9-15,18-21,24,26-27H,7-8,16-17H2,1-6H3,(H2,32,33,35)/b34-19+/t20-,24+,26+,27+,31-,45?/m0/s1. The Bertz CT molecular complexity index is 1560. The van der Waals surface area contributed by atoms with Crippen LogP contribution in [0.15, 0.2) is 53.8 Å². The van der Waals surface area contributed by atoms with Gasteiger partial charge in [0.2, 0.25) is 0 Å². The monoisotopic (exact) mass is 643 g/mol. The molecule has 2 N–H and O–H groups in total. The summed E-state index contributed by atoms with van der Waals surface area (Å²) in [4.78, 5) is 20.9. The summed E-state index contributed by atoms with van der Waals surface area (Å²) in [5, 5.41) is 4.39. The number of hydrogen-bond donors (Lipinski definition) is 1. The Kier molecular flexibility index (Phi) is 9.67. The van der Waals surface area contributed by atoms with Gasteiger partial charge in [0.15, 0.2) is 11.6 Å². The number of nitrogen functional groups attached to an aromatic ring is 1. The van der Waals surface area contributed by atoms with Gasteiger partial charge in [-0.15, -0.1) is 0 Å². The minimum Gasteiger partial charge on any atom is -0.464 e. The van der Waals surface area contributed by atoms with E-state index in [1.54, 1.807) is 41.8 Å². The number of esters is 1. The molecule has 5 rings (SSSR count). The number of ether oxygens (including phenoxy) is 4. The number of nitrogens with two attached hydrogens (primary N) is 1. The molecule has 0 spiro atoms. The van der Waals surface area contributed by atoms with E-state index in [0.29, 0.717) is 29.4 Å². The zero-order valence-electron chi connectivity index (χ0n) is 26.5. The molecule has 244 valence electrons. The van der Waals surface area contributed by atoms with Gasteiger partial charge in [0.05, 0.1) is 18.9 Å². The van der Waals surface area contributed by atoms with Gasteiger partial charge < -0.3 is 29.2 Å². The van der Waals surface area contributed by atoms with Gasteiger partial charge in [0, 0.05) is 0 Å². The van der Waals surface area contributed by atoms with Crippen LogP contribution in [0.3, 0.4) is 0 Å². The van der Waals surface area contributed by atoms with Gasteiger partial charge in [0.25, 0.3) is 0 Å². The molecular weight excluding hydrogens is 601 g/mol. The van der Waals surface area contributed by atoms with E-state index < -0.39 is 49.3 Å². The van der Waals surface area contributed by atoms with Gasteiger partial charge >= 0.3 is 13.6 Å². The number of carbonyl (C=O) groups is 1. The van der Waals surface area contributed by atoms with Crippen LogP contribution in [-0.2, 0) is 38.4 Å². The molecule has 14 heteroatoms. The highest BCUT2D eigenvalue weighted by molar-refractivity contribution is 7.70. The number of carbonyl (C=O) groups excluding carboxylic acids is 1. The summed E-state index contributed by atoms with van der Waals surface area (Å²) in [6.07, 6.45) is 1.29. The lowest BCUT2D eigenvalue weighted by atomic mass is 9.93. The highest BCUT2D eigenvalue weighted by Gasteiger charge is 2.62. The molecule has 2 saturated heterocycles. The molecule has 2 aliphatic rings. The summed E-state index contributed by atoms with van der Waals surface area (Å²) in [7, 11) is -4.07. The number of para-hydroxylation sites is 1. The maximum atomic E-state index is 14.1. The SMILES string of the molecule is CCC(CC)COC(=O)[C@H](C)/N=C/P(=O)(OC[C@H]1O[C@@](C)(c2ccc3c(N)ncnn23)[C@@H]2OC(C)(C)O[C@@H]21)Oc1ccccc1. The number of nitrogens with zero attached hydrogens (tertiary/aromatic N) is 4. The summed E-state index contributed by atoms with van der Waals surface area (Å²) in [5.74, 6) is 0.517. The van der Waals surface area contributed by atoms with E-state index in [9.17, 15) is 9.36 Å². The Balaban J connectivity index is 1.37. The number of aliphatic imine (C=N–C) groups is 1. The van der Waals surface area contributed by atoms with E-state index in [4.69, 9.17) is 33.7 Å². The first kappa shape index (κ1) is 33.0. The van der Waals surface area contributed by atoms with Crippen LogP contribution in [0.4, 0.5) is 5.82 Å². The fourth-order valence-electron chi connectivity index (χ4n) is 5.58. The van der Waals surface area contributed by atoms with E-state index in [1.807, 2.05) is 46.8 Å². The smallest absolute Gasteiger partial charge is 0.421 e. The predicted molar refractivity (Wildman–Crippen MR) is 167 cm³/mol. The molecular formula is C31H42N5O8P. The molecule has 2 aliphatic heterocycles. The van der Waals surface area contributed by atoms with E-state index >= 15 is 0 Å². The van der Waals surface area contributed by atoms with Gasteiger partial charge in [-0.05, 0) is 57.9 Å². The maximum Gasteiger partial charge on any atom is 0.421 e. The van der Waals surface area contributed by atoms with Crippen molar-refractivity contribution in [1.82, 2.24) is 14.6 Å². The van der Waals surface area contributed by atoms with Gasteiger partial charge in [0.1, 0.15) is 53.5 Å². The van der Waals surface area contributed by atoms with Crippen molar-refractivity contribution in [2.24, 2.45) is 10.9 Å². The Morgan fingerprint density at radius 1 is 1.13 bits per heavy atom. The zero-order chi connectivity index (χ0) is 32.4. The molecule has 45 heavy (non-hydrogen) atoms. The Morgan fingerprint density at radius 3 is 2.58 bits per heavy atom. The van der Waals surface area contributed by atoms with Crippen molar-refractivity contribution in [3.63, 3.8) is 0 Å². The number of benzene rings is 1. The lowest BCUT2D eigenvalue weighted by molar-refractivity contribution is -0.211. The molecule has 0 radical (unpaired) electrons. The topological polar surface area (TPSA) is 158 Å². The molecule has 0 saturated carbocycles. The molecule has 1 aromatic carbocycles. The largest absolute Gasteiger partial charge is 0.464 e. The number of hydrogen-bond acceptors (Lipinski definition) is 12. The van der Waals surface area contributed by atoms with Crippen LogP contribution < -0.4 is 10.3 Å². The van der Waals surface area contributed by atoms with Crippen LogP contribution in [0.1, 0.15) is 60.1 Å². The highest BCUT2D eigenvalue weighted by Crippen LogP contribution is 2.52. The molecule has 6 atom stereocenters. The highest BCUT2D eigenvalue weighted by atomic mass is 31.2. The minimum absolute atomic E-state index is 0.194. The minimum atomic E-state index is -4.07. The molecule has 2 aromatic heterocycles. The lowest BCUT2D eigenvalue weighted by Gasteiger charge is -2.31. The zero-order valence-corrected chi connectivity index (χ0v) is 27.4. The van der Waals surface area contributed by atoms with Crippen LogP contribution >= 0.6 is 7.60 Å². The fourth-order valence-corrected chi connectivity index (χ4v) is 6.88. The predicted octanol–water partition coefficient (Wildman–Crippen LogP) is 5.13. The van der Waals surface area contributed by atoms with Gasteiger partial charge in [-0.25, -0.2) is 18.9 Å². The van der Waals surface area contributed by atoms with Gasteiger partial charge in [-0.1, -0.05) is 44.9 Å². The third-order valence-corrected chi connectivity index (χ3v) is 9.60. The van der Waals surface area contributed by atoms with Crippen molar-refractivity contribution in [3.8, 4) is 5.75 Å². The van der Waals surface area contributed by atoms with Crippen molar-refractivity contribution in [2.75, 3.05) is 18.9 Å². The van der Waals surface area contributed by atoms with Crippen LogP contribution in [0, 0.1) is 5.92 Å². The average molecular weight is 644 g/mol. The van der Waals surface area contributed by atoms with Crippen molar-refractivity contribution >= 4 is 30.9 Å². The quantitative estimate of drug-likeness (QED) is 0.150. The summed E-state index contributed by atoms with van der Waals surface area (Å²) in [6, 6.07) is 11.3. The second-order valence-electron chi connectivity index (χ2n) is 11.9. The average Bonchev–Trinajstić information content (AvgIpc) is 3.67. The molecule has 2 fully saturated rings. The molecule has 0 aliphatic carbocycles. The molecule has 0 bridgehead atoms. The normalized spacial score (nSPS) is 26.2. The second-order valence-corrected chi connectivity index (χ2v) is 13.7. The molecule has 1 unspecified atom stereocenters. The lowest BCUT2D eigenvalue weighted by Crippen LogP contribution is -2.39. The van der Waals surface area contributed by atoms with E-state index in [0.717, 1.165) is 18.8 Å². The third kappa shape index (κ3) is 7.07. The fraction of sp³-hybridized carbons (Fsp3) is 0.548. The summed E-state index contributed by atoms with van der Waals surface area (Å²) in [5.41, 5.74) is 6.33. The van der Waals surface area contributed by atoms with Crippen LogP contribution in [0.25, 0.3) is 5.52 Å².